The molecule has 0 spiro atoms. The normalized spacial score (nSPS) is 10.4. The summed E-state index contributed by atoms with van der Waals surface area (Å²) in [5, 5.41) is 24.4. The van der Waals surface area contributed by atoms with E-state index in [2.05, 4.69) is 5.32 Å². The first-order chi connectivity index (χ1) is 13.2. The molecule has 2 aromatic rings. The summed E-state index contributed by atoms with van der Waals surface area (Å²) in [7, 11) is 0. The first-order valence-corrected chi connectivity index (χ1v) is 8.18. The van der Waals surface area contributed by atoms with Crippen molar-refractivity contribution < 1.29 is 24.2 Å². The minimum atomic E-state index is -1.08. The van der Waals surface area contributed by atoms with Gasteiger partial charge in [-0.05, 0) is 17.5 Å². The minimum absolute atomic E-state index is 0.157. The standard InChI is InChI=1S/C18H17N3O7/c1-11(2)15-5-3-4-6-16(15)19-17(22)10-28-18(23)12-7-13(20(24)25)9-14(8-12)21(26)27/h3-9,11H,10H2,1-2H3,(H,19,22). The molecule has 1 N–H and O–H groups in total. The Labute approximate surface area is 159 Å². The second-order valence-corrected chi connectivity index (χ2v) is 6.12. The molecular formula is C18H17N3O7. The number of hydrogen-bond acceptors (Lipinski definition) is 7. The largest absolute Gasteiger partial charge is 0.452 e. The van der Waals surface area contributed by atoms with Gasteiger partial charge in [0, 0.05) is 17.8 Å². The molecule has 0 fully saturated rings. The average Bonchev–Trinajstić information content (AvgIpc) is 2.65. The maximum absolute atomic E-state index is 12.1. The number of nitrogens with zero attached hydrogens (tertiary/aromatic N) is 2. The molecule has 146 valence electrons. The molecular weight excluding hydrogens is 370 g/mol. The third-order valence-electron chi connectivity index (χ3n) is 3.75. The number of ether oxygens (including phenoxy) is 1. The van der Waals surface area contributed by atoms with Crippen LogP contribution in [0, 0.1) is 20.2 Å². The van der Waals surface area contributed by atoms with Crippen LogP contribution >= 0.6 is 0 Å². The Bertz CT molecular complexity index is 908. The smallest absolute Gasteiger partial charge is 0.339 e. The van der Waals surface area contributed by atoms with E-state index in [1.54, 1.807) is 12.1 Å². The van der Waals surface area contributed by atoms with Crippen LogP contribution in [-0.2, 0) is 9.53 Å². The van der Waals surface area contributed by atoms with E-state index in [1.807, 2.05) is 26.0 Å². The highest BCUT2D eigenvalue weighted by Gasteiger charge is 2.21. The molecule has 0 saturated heterocycles. The lowest BCUT2D eigenvalue weighted by molar-refractivity contribution is -0.394. The number of para-hydroxylation sites is 1. The molecule has 0 unspecified atom stereocenters. The van der Waals surface area contributed by atoms with Crippen molar-refractivity contribution in [1.82, 2.24) is 0 Å². The first kappa shape index (κ1) is 20.5. The fourth-order valence-electron chi connectivity index (χ4n) is 2.44. The Hall–Kier alpha value is -3.82. The number of anilines is 1. The number of nitro groups is 2. The predicted octanol–water partition coefficient (Wildman–Crippen LogP) is 3.42. The highest BCUT2D eigenvalue weighted by atomic mass is 16.6. The van der Waals surface area contributed by atoms with Crippen LogP contribution in [0.25, 0.3) is 0 Å². The van der Waals surface area contributed by atoms with Crippen molar-refractivity contribution in [2.75, 3.05) is 11.9 Å². The number of rotatable bonds is 7. The summed E-state index contributed by atoms with van der Waals surface area (Å²) in [6.45, 7) is 3.27. The Morgan fingerprint density at radius 1 is 1.04 bits per heavy atom. The summed E-state index contributed by atoms with van der Waals surface area (Å²) in [6, 6.07) is 9.57. The van der Waals surface area contributed by atoms with Crippen LogP contribution in [0.15, 0.2) is 42.5 Å². The molecule has 2 rings (SSSR count). The Morgan fingerprint density at radius 3 is 2.14 bits per heavy atom. The van der Waals surface area contributed by atoms with Crippen molar-refractivity contribution in [2.45, 2.75) is 19.8 Å². The van der Waals surface area contributed by atoms with Crippen LogP contribution in [0.3, 0.4) is 0 Å². The van der Waals surface area contributed by atoms with Crippen LogP contribution in [0.4, 0.5) is 17.1 Å². The molecule has 1 amide bonds. The van der Waals surface area contributed by atoms with Crippen LogP contribution in [-0.4, -0.2) is 28.3 Å². The molecule has 0 aromatic heterocycles. The van der Waals surface area contributed by atoms with E-state index in [0.29, 0.717) is 5.69 Å². The van der Waals surface area contributed by atoms with E-state index < -0.39 is 45.3 Å². The molecule has 2 aromatic carbocycles. The van der Waals surface area contributed by atoms with Crippen molar-refractivity contribution in [3.05, 3.63) is 73.8 Å². The molecule has 0 bridgehead atoms. The molecule has 0 radical (unpaired) electrons. The number of carbonyl (C=O) groups excluding carboxylic acids is 2. The van der Waals surface area contributed by atoms with Crippen molar-refractivity contribution in [3.8, 4) is 0 Å². The van der Waals surface area contributed by atoms with E-state index in [4.69, 9.17) is 4.74 Å². The fourth-order valence-corrected chi connectivity index (χ4v) is 2.44. The van der Waals surface area contributed by atoms with Gasteiger partial charge in [-0.2, -0.15) is 0 Å². The topological polar surface area (TPSA) is 142 Å². The molecule has 0 atom stereocenters. The summed E-state index contributed by atoms with van der Waals surface area (Å²) in [5.74, 6) is -1.54. The maximum Gasteiger partial charge on any atom is 0.339 e. The quantitative estimate of drug-likeness (QED) is 0.436. The van der Waals surface area contributed by atoms with E-state index in [9.17, 15) is 29.8 Å². The SMILES string of the molecule is CC(C)c1ccccc1NC(=O)COC(=O)c1cc([N+](=O)[O-])cc([N+](=O)[O-])c1. The number of hydrogen-bond donors (Lipinski definition) is 1. The van der Waals surface area contributed by atoms with E-state index in [-0.39, 0.29) is 5.92 Å². The Balaban J connectivity index is 2.09. The van der Waals surface area contributed by atoms with Crippen LogP contribution in [0.5, 0.6) is 0 Å². The second-order valence-electron chi connectivity index (χ2n) is 6.12. The van der Waals surface area contributed by atoms with Gasteiger partial charge < -0.3 is 10.1 Å². The number of carbonyl (C=O) groups is 2. The van der Waals surface area contributed by atoms with Crippen LogP contribution < -0.4 is 5.32 Å². The van der Waals surface area contributed by atoms with Crippen molar-refractivity contribution in [2.24, 2.45) is 0 Å². The third-order valence-corrected chi connectivity index (χ3v) is 3.75. The number of benzene rings is 2. The lowest BCUT2D eigenvalue weighted by Crippen LogP contribution is -2.21. The summed E-state index contributed by atoms with van der Waals surface area (Å²) >= 11 is 0. The summed E-state index contributed by atoms with van der Waals surface area (Å²) in [5.41, 5.74) is -0.176. The van der Waals surface area contributed by atoms with Crippen LogP contribution in [0.2, 0.25) is 0 Å². The third kappa shape index (κ3) is 5.10. The van der Waals surface area contributed by atoms with Gasteiger partial charge in [-0.3, -0.25) is 25.0 Å². The molecule has 0 aliphatic heterocycles. The van der Waals surface area contributed by atoms with Crippen molar-refractivity contribution in [1.29, 1.82) is 0 Å². The van der Waals surface area contributed by atoms with Gasteiger partial charge in [0.1, 0.15) is 0 Å². The first-order valence-electron chi connectivity index (χ1n) is 8.18. The Morgan fingerprint density at radius 2 is 1.61 bits per heavy atom. The van der Waals surface area contributed by atoms with Crippen LogP contribution in [0.1, 0.15) is 35.7 Å². The highest BCUT2D eigenvalue weighted by Crippen LogP contribution is 2.24. The molecule has 0 heterocycles. The summed E-state index contributed by atoms with van der Waals surface area (Å²) in [6.07, 6.45) is 0. The molecule has 28 heavy (non-hydrogen) atoms. The number of nitrogens with one attached hydrogen (secondary N) is 1. The van der Waals surface area contributed by atoms with Gasteiger partial charge in [-0.15, -0.1) is 0 Å². The van der Waals surface area contributed by atoms with E-state index >= 15 is 0 Å². The average molecular weight is 387 g/mol. The van der Waals surface area contributed by atoms with Crippen molar-refractivity contribution >= 4 is 28.9 Å². The monoisotopic (exact) mass is 387 g/mol. The van der Waals surface area contributed by atoms with Gasteiger partial charge in [0.2, 0.25) is 0 Å². The van der Waals surface area contributed by atoms with E-state index in [1.165, 1.54) is 0 Å². The zero-order valence-electron chi connectivity index (χ0n) is 15.1. The highest BCUT2D eigenvalue weighted by molar-refractivity contribution is 5.96. The van der Waals surface area contributed by atoms with Gasteiger partial charge in [0.15, 0.2) is 6.61 Å². The number of nitro benzene ring substituents is 2. The Kier molecular flexibility index (Phi) is 6.38. The summed E-state index contributed by atoms with van der Waals surface area (Å²) in [4.78, 5) is 44.2. The molecule has 0 aliphatic rings. The zero-order valence-corrected chi connectivity index (χ0v) is 15.1. The molecule has 10 nitrogen and oxygen atoms in total. The molecule has 0 saturated carbocycles. The van der Waals surface area contributed by atoms with Gasteiger partial charge in [-0.1, -0.05) is 32.0 Å². The number of esters is 1. The predicted molar refractivity (Wildman–Crippen MR) is 99.2 cm³/mol. The van der Waals surface area contributed by atoms with Gasteiger partial charge in [0.05, 0.1) is 21.5 Å². The van der Waals surface area contributed by atoms with Gasteiger partial charge >= 0.3 is 5.97 Å². The lowest BCUT2D eigenvalue weighted by atomic mass is 10.0. The zero-order chi connectivity index (χ0) is 20.8. The minimum Gasteiger partial charge on any atom is -0.452 e. The molecule has 0 aliphatic carbocycles. The van der Waals surface area contributed by atoms with Crippen molar-refractivity contribution in [3.63, 3.8) is 0 Å². The van der Waals surface area contributed by atoms with Gasteiger partial charge in [0.25, 0.3) is 17.3 Å². The number of non-ortho nitro benzene ring substituents is 2. The van der Waals surface area contributed by atoms with E-state index in [0.717, 1.165) is 23.8 Å². The maximum atomic E-state index is 12.1. The summed E-state index contributed by atoms with van der Waals surface area (Å²) < 4.78 is 4.84. The lowest BCUT2D eigenvalue weighted by Gasteiger charge is -2.13. The van der Waals surface area contributed by atoms with Gasteiger partial charge in [-0.25, -0.2) is 4.79 Å². The number of amides is 1. The molecule has 10 heteroatoms. The second kappa shape index (κ2) is 8.71. The fraction of sp³-hybridized carbons (Fsp3) is 0.222.